The van der Waals surface area contributed by atoms with Crippen molar-refractivity contribution in [2.24, 2.45) is 5.92 Å². The Labute approximate surface area is 125 Å². The van der Waals surface area contributed by atoms with Crippen molar-refractivity contribution in [1.82, 2.24) is 10.3 Å². The monoisotopic (exact) mass is 298 g/mol. The summed E-state index contributed by atoms with van der Waals surface area (Å²) in [5.41, 5.74) is 1.16. The molecule has 1 aliphatic rings. The maximum absolute atomic E-state index is 4.56. The summed E-state index contributed by atoms with van der Waals surface area (Å²) in [6.45, 7) is 5.48. The molecule has 108 valence electrons. The van der Waals surface area contributed by atoms with E-state index in [1.165, 1.54) is 48.6 Å². The van der Waals surface area contributed by atoms with Gasteiger partial charge in [0.1, 0.15) is 4.34 Å². The Balaban J connectivity index is 1.85. The van der Waals surface area contributed by atoms with E-state index in [-0.39, 0.29) is 0 Å². The Morgan fingerprint density at radius 3 is 2.84 bits per heavy atom. The van der Waals surface area contributed by atoms with Crippen molar-refractivity contribution in [1.29, 1.82) is 0 Å². The van der Waals surface area contributed by atoms with E-state index in [4.69, 9.17) is 0 Å². The van der Waals surface area contributed by atoms with Crippen molar-refractivity contribution >= 4 is 23.1 Å². The molecule has 1 aromatic heterocycles. The molecule has 1 atom stereocenters. The highest BCUT2D eigenvalue weighted by molar-refractivity contribution is 8.01. The summed E-state index contributed by atoms with van der Waals surface area (Å²) < 4.78 is 1.23. The van der Waals surface area contributed by atoms with E-state index >= 15 is 0 Å². The van der Waals surface area contributed by atoms with Crippen molar-refractivity contribution < 1.29 is 0 Å². The van der Waals surface area contributed by atoms with E-state index in [1.54, 1.807) is 11.3 Å². The van der Waals surface area contributed by atoms with Crippen LogP contribution in [0.4, 0.5) is 0 Å². The minimum atomic E-state index is 0.675. The number of hydrogen-bond donors (Lipinski definition) is 1. The van der Waals surface area contributed by atoms with Crippen LogP contribution in [0.1, 0.15) is 51.1 Å². The highest BCUT2D eigenvalue weighted by Crippen LogP contribution is 2.30. The molecule has 0 aliphatic heterocycles. The third kappa shape index (κ3) is 5.09. The van der Waals surface area contributed by atoms with Crippen LogP contribution < -0.4 is 5.32 Å². The van der Waals surface area contributed by atoms with Gasteiger partial charge in [-0.1, -0.05) is 37.9 Å². The maximum Gasteiger partial charge on any atom is 0.150 e. The van der Waals surface area contributed by atoms with E-state index < -0.39 is 0 Å². The van der Waals surface area contributed by atoms with E-state index in [0.29, 0.717) is 6.04 Å². The summed E-state index contributed by atoms with van der Waals surface area (Å²) >= 11 is 3.72. The lowest BCUT2D eigenvalue weighted by molar-refractivity contribution is 0.285. The van der Waals surface area contributed by atoms with Crippen molar-refractivity contribution in [3.63, 3.8) is 0 Å². The number of hydrogen-bond acceptors (Lipinski definition) is 4. The zero-order valence-corrected chi connectivity index (χ0v) is 13.8. The molecule has 1 aliphatic carbocycles. The third-order valence-corrected chi connectivity index (χ3v) is 6.12. The van der Waals surface area contributed by atoms with Crippen molar-refractivity contribution in [2.45, 2.75) is 62.8 Å². The topological polar surface area (TPSA) is 24.9 Å². The lowest BCUT2D eigenvalue weighted by Crippen LogP contribution is -2.39. The molecule has 0 bridgehead atoms. The largest absolute Gasteiger partial charge is 0.313 e. The van der Waals surface area contributed by atoms with Gasteiger partial charge in [-0.15, -0.1) is 11.3 Å². The van der Waals surface area contributed by atoms with Crippen LogP contribution in [-0.4, -0.2) is 23.3 Å². The lowest BCUT2D eigenvalue weighted by atomic mass is 9.84. The average molecular weight is 299 g/mol. The second-order valence-corrected chi connectivity index (χ2v) is 7.65. The Kier molecular flexibility index (Phi) is 6.68. The highest BCUT2D eigenvalue weighted by Gasteiger charge is 2.23. The smallest absolute Gasteiger partial charge is 0.150 e. The van der Waals surface area contributed by atoms with Crippen LogP contribution >= 0.6 is 23.1 Å². The van der Waals surface area contributed by atoms with Crippen LogP contribution in [0.25, 0.3) is 0 Å². The first-order valence-electron chi connectivity index (χ1n) is 7.58. The molecular formula is C15H26N2S2. The summed E-state index contributed by atoms with van der Waals surface area (Å²) in [6, 6.07) is 0.675. The summed E-state index contributed by atoms with van der Waals surface area (Å²) in [5.74, 6) is 2.06. The summed E-state index contributed by atoms with van der Waals surface area (Å²) in [6.07, 6.45) is 8.35. The van der Waals surface area contributed by atoms with Gasteiger partial charge in [-0.3, -0.25) is 0 Å². The molecule has 0 spiro atoms. The second kappa shape index (κ2) is 8.28. The molecule has 1 unspecified atom stereocenters. The van der Waals surface area contributed by atoms with Gasteiger partial charge in [-0.25, -0.2) is 4.98 Å². The van der Waals surface area contributed by atoms with E-state index in [1.807, 2.05) is 11.8 Å². The number of rotatable bonds is 7. The van der Waals surface area contributed by atoms with Crippen molar-refractivity contribution in [3.05, 3.63) is 11.1 Å². The van der Waals surface area contributed by atoms with E-state index in [9.17, 15) is 0 Å². The number of aromatic nitrogens is 1. The van der Waals surface area contributed by atoms with Gasteiger partial charge in [0, 0.05) is 22.9 Å². The summed E-state index contributed by atoms with van der Waals surface area (Å²) in [7, 11) is 0. The molecule has 0 saturated heterocycles. The number of nitrogens with zero attached hydrogens (tertiary/aromatic N) is 1. The van der Waals surface area contributed by atoms with E-state index in [2.05, 4.69) is 29.5 Å². The second-order valence-electron chi connectivity index (χ2n) is 5.52. The standard InChI is InChI=1S/C15H26N2S2/c1-3-9-16-14(13-7-5-4-6-8-13)11-19-15-17-12(2)10-18-15/h10,13-14,16H,3-9,11H2,1-2H3. The first-order chi connectivity index (χ1) is 9.29. The third-order valence-electron chi connectivity index (χ3n) is 3.86. The Bertz CT molecular complexity index is 359. The molecule has 0 amide bonds. The molecule has 1 N–H and O–H groups in total. The van der Waals surface area contributed by atoms with Crippen LogP contribution in [0.5, 0.6) is 0 Å². The Hall–Kier alpha value is -0.0600. The highest BCUT2D eigenvalue weighted by atomic mass is 32.2. The van der Waals surface area contributed by atoms with Gasteiger partial charge in [0.25, 0.3) is 0 Å². The van der Waals surface area contributed by atoms with E-state index in [0.717, 1.165) is 18.2 Å². The summed E-state index contributed by atoms with van der Waals surface area (Å²) in [4.78, 5) is 4.56. The molecule has 19 heavy (non-hydrogen) atoms. The molecule has 1 saturated carbocycles. The van der Waals surface area contributed by atoms with Crippen LogP contribution in [0.15, 0.2) is 9.72 Å². The molecule has 2 nitrogen and oxygen atoms in total. The quantitative estimate of drug-likeness (QED) is 0.751. The van der Waals surface area contributed by atoms with Gasteiger partial charge < -0.3 is 5.32 Å². The zero-order valence-electron chi connectivity index (χ0n) is 12.2. The van der Waals surface area contributed by atoms with Crippen LogP contribution in [0.3, 0.4) is 0 Å². The maximum atomic E-state index is 4.56. The minimum absolute atomic E-state index is 0.675. The lowest BCUT2D eigenvalue weighted by Gasteiger charge is -2.30. The normalized spacial score (nSPS) is 18.6. The first kappa shape index (κ1) is 15.3. The predicted octanol–water partition coefficient (Wildman–Crippen LogP) is 4.49. The van der Waals surface area contributed by atoms with Gasteiger partial charge in [0.2, 0.25) is 0 Å². The molecule has 2 rings (SSSR count). The average Bonchev–Trinajstić information content (AvgIpc) is 2.86. The molecule has 1 aromatic rings. The minimum Gasteiger partial charge on any atom is -0.313 e. The van der Waals surface area contributed by atoms with Crippen LogP contribution in [0.2, 0.25) is 0 Å². The van der Waals surface area contributed by atoms with Gasteiger partial charge in [0.05, 0.1) is 0 Å². The fourth-order valence-electron chi connectivity index (χ4n) is 2.79. The molecule has 0 aromatic carbocycles. The SMILES string of the molecule is CCCNC(CSc1nc(C)cs1)C1CCCCC1. The van der Waals surface area contributed by atoms with Crippen LogP contribution in [-0.2, 0) is 0 Å². The van der Waals surface area contributed by atoms with Gasteiger partial charge >= 0.3 is 0 Å². The molecular weight excluding hydrogens is 272 g/mol. The van der Waals surface area contributed by atoms with Gasteiger partial charge in [0.15, 0.2) is 0 Å². The van der Waals surface area contributed by atoms with Crippen molar-refractivity contribution in [3.8, 4) is 0 Å². The number of thioether (sulfide) groups is 1. The van der Waals surface area contributed by atoms with Crippen LogP contribution in [0, 0.1) is 12.8 Å². The van der Waals surface area contributed by atoms with Crippen molar-refractivity contribution in [2.75, 3.05) is 12.3 Å². The number of thiazole rings is 1. The Morgan fingerprint density at radius 2 is 2.21 bits per heavy atom. The fraction of sp³-hybridized carbons (Fsp3) is 0.800. The zero-order chi connectivity index (χ0) is 13.5. The number of nitrogens with one attached hydrogen (secondary N) is 1. The summed E-state index contributed by atoms with van der Waals surface area (Å²) in [5, 5.41) is 5.92. The van der Waals surface area contributed by atoms with Gasteiger partial charge in [-0.2, -0.15) is 0 Å². The molecule has 1 heterocycles. The molecule has 1 fully saturated rings. The Morgan fingerprint density at radius 1 is 1.42 bits per heavy atom. The van der Waals surface area contributed by atoms with Gasteiger partial charge in [-0.05, 0) is 38.6 Å². The first-order valence-corrected chi connectivity index (χ1v) is 9.44. The fourth-order valence-corrected chi connectivity index (χ4v) is 4.85. The molecule has 0 radical (unpaired) electrons. The molecule has 4 heteroatoms. The predicted molar refractivity (Wildman–Crippen MR) is 86.2 cm³/mol. The number of aryl methyl sites for hydroxylation is 1.